The quantitative estimate of drug-likeness (QED) is 0.417. The van der Waals surface area contributed by atoms with Crippen molar-refractivity contribution in [3.8, 4) is 17.2 Å². The van der Waals surface area contributed by atoms with Gasteiger partial charge in [0.05, 0.1) is 11.6 Å². The van der Waals surface area contributed by atoms with Gasteiger partial charge in [0.25, 0.3) is 0 Å². The average molecular weight is 462 g/mol. The Labute approximate surface area is 203 Å². The molecule has 4 aromatic carbocycles. The molecular formula is C30H23NO4. The molecule has 1 atom stereocenters. The van der Waals surface area contributed by atoms with Crippen LogP contribution in [0.2, 0.25) is 0 Å². The Morgan fingerprint density at radius 1 is 0.686 bits per heavy atom. The smallest absolute Gasteiger partial charge is 0.246 e. The third-order valence-corrected chi connectivity index (χ3v) is 7.24. The van der Waals surface area contributed by atoms with Crippen molar-refractivity contribution < 1.29 is 19.0 Å². The molecule has 0 bridgehead atoms. The fourth-order valence-corrected chi connectivity index (χ4v) is 5.75. The van der Waals surface area contributed by atoms with Crippen molar-refractivity contribution in [2.75, 3.05) is 24.7 Å². The Morgan fingerprint density at radius 3 is 2.06 bits per heavy atom. The van der Waals surface area contributed by atoms with Crippen molar-refractivity contribution >= 4 is 11.6 Å². The highest BCUT2D eigenvalue weighted by Crippen LogP contribution is 2.59. The lowest BCUT2D eigenvalue weighted by molar-refractivity contribution is -0.122. The minimum Gasteiger partial charge on any atom is -0.491 e. The molecule has 3 heterocycles. The molecule has 0 saturated carbocycles. The minimum atomic E-state index is -1.00. The highest BCUT2D eigenvalue weighted by Gasteiger charge is 2.60. The fourth-order valence-electron chi connectivity index (χ4n) is 5.75. The molecule has 7 rings (SSSR count). The molecule has 0 aromatic heterocycles. The van der Waals surface area contributed by atoms with Crippen molar-refractivity contribution in [1.82, 2.24) is 0 Å². The maximum absolute atomic E-state index is 14.8. The summed E-state index contributed by atoms with van der Waals surface area (Å²) in [5, 5.41) is 0. The van der Waals surface area contributed by atoms with E-state index in [-0.39, 0.29) is 18.6 Å². The average Bonchev–Trinajstić information content (AvgIpc) is 3.43. The minimum absolute atomic E-state index is 0.0160. The number of nitrogens with zero attached hydrogens (tertiary/aromatic N) is 1. The lowest BCUT2D eigenvalue weighted by atomic mass is 9.76. The Morgan fingerprint density at radius 2 is 1.31 bits per heavy atom. The molecule has 172 valence electrons. The number of carbonyl (C=O) groups is 1. The lowest BCUT2D eigenvalue weighted by Gasteiger charge is -2.32. The van der Waals surface area contributed by atoms with Crippen molar-refractivity contribution in [3.63, 3.8) is 0 Å². The van der Waals surface area contributed by atoms with E-state index in [2.05, 4.69) is 24.3 Å². The SMILES string of the molecule is O=C1N(C(c2ccccc2)c2ccccc2)c2ccccc2C12COc1ccc3c(c12)OCCO3. The predicted molar refractivity (Wildman–Crippen MR) is 132 cm³/mol. The molecule has 3 aliphatic heterocycles. The predicted octanol–water partition coefficient (Wildman–Crippen LogP) is 5.27. The van der Waals surface area contributed by atoms with Crippen LogP contribution in [0.15, 0.2) is 97.1 Å². The van der Waals surface area contributed by atoms with Gasteiger partial charge in [-0.25, -0.2) is 0 Å². The van der Waals surface area contributed by atoms with Crippen molar-refractivity contribution in [2.24, 2.45) is 0 Å². The highest BCUT2D eigenvalue weighted by atomic mass is 16.6. The van der Waals surface area contributed by atoms with E-state index in [4.69, 9.17) is 14.2 Å². The zero-order valence-corrected chi connectivity index (χ0v) is 19.0. The highest BCUT2D eigenvalue weighted by molar-refractivity contribution is 6.13. The normalized spacial score (nSPS) is 19.6. The van der Waals surface area contributed by atoms with E-state index in [1.165, 1.54) is 0 Å². The zero-order valence-electron chi connectivity index (χ0n) is 19.0. The van der Waals surface area contributed by atoms with Gasteiger partial charge in [-0.15, -0.1) is 0 Å². The van der Waals surface area contributed by atoms with Crippen molar-refractivity contribution in [3.05, 3.63) is 119 Å². The first kappa shape index (κ1) is 20.2. The number of ether oxygens (including phenoxy) is 3. The molecule has 1 spiro atoms. The third-order valence-electron chi connectivity index (χ3n) is 7.24. The number of rotatable bonds is 3. The number of hydrogen-bond acceptors (Lipinski definition) is 4. The van der Waals surface area contributed by atoms with Gasteiger partial charge in [0.15, 0.2) is 11.5 Å². The van der Waals surface area contributed by atoms with Gasteiger partial charge in [-0.05, 0) is 34.9 Å². The number of benzene rings is 4. The maximum Gasteiger partial charge on any atom is 0.246 e. The van der Waals surface area contributed by atoms with Crippen LogP contribution >= 0.6 is 0 Å². The Hall–Kier alpha value is -4.25. The summed E-state index contributed by atoms with van der Waals surface area (Å²) in [5.41, 5.74) is 3.69. The topological polar surface area (TPSA) is 48.0 Å². The Bertz CT molecular complexity index is 1400. The summed E-state index contributed by atoms with van der Waals surface area (Å²) < 4.78 is 18.2. The largest absolute Gasteiger partial charge is 0.491 e. The molecule has 0 aliphatic carbocycles. The van der Waals surface area contributed by atoms with Gasteiger partial charge in [-0.2, -0.15) is 0 Å². The first-order chi connectivity index (χ1) is 17.3. The Balaban J connectivity index is 1.48. The van der Waals surface area contributed by atoms with Gasteiger partial charge in [0.1, 0.15) is 31.0 Å². The van der Waals surface area contributed by atoms with Crippen LogP contribution in [0.5, 0.6) is 17.2 Å². The van der Waals surface area contributed by atoms with Crippen LogP contribution in [-0.2, 0) is 10.2 Å². The second-order valence-corrected chi connectivity index (χ2v) is 9.07. The molecule has 1 unspecified atom stereocenters. The standard InChI is InChI=1S/C30H23NO4/c32-29-30(19-35-24-15-16-25-28(26(24)30)34-18-17-33-25)22-13-7-8-14-23(22)31(29)27(20-9-3-1-4-10-20)21-11-5-2-6-12-21/h1-16,27H,17-19H2. The van der Waals surface area contributed by atoms with Crippen LogP contribution in [0.1, 0.15) is 28.3 Å². The molecular weight excluding hydrogens is 438 g/mol. The van der Waals surface area contributed by atoms with E-state index in [0.29, 0.717) is 30.5 Å². The van der Waals surface area contributed by atoms with Crippen LogP contribution in [0.4, 0.5) is 5.69 Å². The first-order valence-electron chi connectivity index (χ1n) is 11.9. The monoisotopic (exact) mass is 461 g/mol. The van der Waals surface area contributed by atoms with Gasteiger partial charge >= 0.3 is 0 Å². The van der Waals surface area contributed by atoms with E-state index >= 15 is 0 Å². The van der Waals surface area contributed by atoms with Crippen LogP contribution in [0, 0.1) is 0 Å². The number of carbonyl (C=O) groups excluding carboxylic acids is 1. The number of para-hydroxylation sites is 1. The van der Waals surface area contributed by atoms with Crippen LogP contribution in [0.25, 0.3) is 0 Å². The summed E-state index contributed by atoms with van der Waals surface area (Å²) in [7, 11) is 0. The van der Waals surface area contributed by atoms with Crippen molar-refractivity contribution in [2.45, 2.75) is 11.5 Å². The van der Waals surface area contributed by atoms with Crippen LogP contribution < -0.4 is 19.1 Å². The molecule has 3 aliphatic rings. The second-order valence-electron chi connectivity index (χ2n) is 9.07. The van der Waals surface area contributed by atoms with E-state index in [1.54, 1.807) is 0 Å². The number of anilines is 1. The summed E-state index contributed by atoms with van der Waals surface area (Å²) in [6.45, 7) is 1.15. The van der Waals surface area contributed by atoms with Gasteiger partial charge in [-0.1, -0.05) is 78.9 Å². The van der Waals surface area contributed by atoms with Gasteiger partial charge in [-0.3, -0.25) is 9.69 Å². The van der Waals surface area contributed by atoms with Gasteiger partial charge in [0, 0.05) is 5.69 Å². The number of hydrogen-bond donors (Lipinski definition) is 0. The molecule has 0 saturated heterocycles. The molecule has 5 nitrogen and oxygen atoms in total. The third kappa shape index (κ3) is 2.78. The van der Waals surface area contributed by atoms with Gasteiger partial charge < -0.3 is 14.2 Å². The van der Waals surface area contributed by atoms with E-state index < -0.39 is 5.41 Å². The van der Waals surface area contributed by atoms with Crippen LogP contribution in [-0.4, -0.2) is 25.7 Å². The second kappa shape index (κ2) is 7.64. The lowest BCUT2D eigenvalue weighted by Crippen LogP contribution is -2.44. The van der Waals surface area contributed by atoms with Gasteiger partial charge in [0.2, 0.25) is 5.91 Å². The summed E-state index contributed by atoms with van der Waals surface area (Å²) in [4.78, 5) is 16.7. The molecule has 0 radical (unpaired) electrons. The summed E-state index contributed by atoms with van der Waals surface area (Å²) >= 11 is 0. The fraction of sp³-hybridized carbons (Fsp3) is 0.167. The molecule has 1 amide bonds. The molecule has 5 heteroatoms. The number of fused-ring (bicyclic) bond motifs is 6. The summed E-state index contributed by atoms with van der Waals surface area (Å²) in [5.74, 6) is 1.94. The first-order valence-corrected chi connectivity index (χ1v) is 11.9. The van der Waals surface area contributed by atoms with E-state index in [1.807, 2.05) is 77.7 Å². The molecule has 4 aromatic rings. The summed E-state index contributed by atoms with van der Waals surface area (Å²) in [6, 6.07) is 31.9. The van der Waals surface area contributed by atoms with Crippen LogP contribution in [0.3, 0.4) is 0 Å². The van der Waals surface area contributed by atoms with E-state index in [0.717, 1.165) is 27.9 Å². The maximum atomic E-state index is 14.8. The zero-order chi connectivity index (χ0) is 23.4. The molecule has 0 N–H and O–H groups in total. The van der Waals surface area contributed by atoms with Crippen molar-refractivity contribution in [1.29, 1.82) is 0 Å². The summed E-state index contributed by atoms with van der Waals surface area (Å²) in [6.07, 6.45) is 0. The molecule has 35 heavy (non-hydrogen) atoms. The number of amides is 1. The molecule has 0 fully saturated rings. The Kier molecular flexibility index (Phi) is 4.40. The van der Waals surface area contributed by atoms with E-state index in [9.17, 15) is 4.79 Å².